The Hall–Kier alpha value is -14.3. The minimum atomic E-state index is 0. The molecule has 17 heteroatoms. The van der Waals surface area contributed by atoms with E-state index in [9.17, 15) is 5.11 Å². The fourth-order valence-corrected chi connectivity index (χ4v) is 14.1. The Balaban J connectivity index is 0.000000137. The van der Waals surface area contributed by atoms with Crippen LogP contribution in [0.4, 0.5) is 0 Å². The predicted octanol–water partition coefficient (Wildman–Crippen LogP) is 26.4. The Labute approximate surface area is 715 Å². The van der Waals surface area contributed by atoms with Crippen molar-refractivity contribution in [3.05, 3.63) is 421 Å². The van der Waals surface area contributed by atoms with Crippen LogP contribution in [0, 0.1) is 53.7 Å². The summed E-state index contributed by atoms with van der Waals surface area (Å²) in [5.74, 6) is 6.28. The molecule has 0 spiro atoms. The molecule has 0 saturated carbocycles. The number of rotatable bonds is 19. The molecular weight excluding hydrogens is 1720 g/mol. The van der Waals surface area contributed by atoms with Gasteiger partial charge in [0.05, 0.1) is 28.5 Å². The monoisotopic (exact) mass is 1800 g/mol. The molecule has 119 heavy (non-hydrogen) atoms. The van der Waals surface area contributed by atoms with Crippen LogP contribution in [0.3, 0.4) is 0 Å². The zero-order valence-corrected chi connectivity index (χ0v) is 69.8. The van der Waals surface area contributed by atoms with Gasteiger partial charge in [-0.2, -0.15) is 27.4 Å². The maximum Gasteiger partial charge on any atom is 2.00 e. The molecule has 586 valence electrons. The standard InChI is InChI=1S/C34H27N3O2.C34H25N3O2.C23H20N2O.C11H8BrNO.Pt/c2*1-24-34(28-19-17-27(18-20-28)26-10-4-3-5-11-26)25(2)37(36-24)29-12-8-13-30(22-29)38-31-14-9-15-32(23-31)39-33-16-6-7-21-35-33;1-16-23(17(2)25(24-16)21-9-6-10-22(26)15-21)20-13-11-19(12-14-20)18-7-4-3-5-8-18;12-9-4-3-5-10(8-9)14-11-6-1-2-7-13-11;/h3-23H,1-2H3;3-21H,1-2H3;3-15,26H,1-2H3;1-8H;/q;-2;;;+2. The first kappa shape index (κ1) is 81.3. The third-order valence-electron chi connectivity index (χ3n) is 19.2. The summed E-state index contributed by atoms with van der Waals surface area (Å²) < 4.78 is 36.2. The number of aromatic hydroxyl groups is 1. The molecule has 6 aromatic heterocycles. The maximum atomic E-state index is 9.76. The minimum Gasteiger partial charge on any atom is -0.509 e. The Morgan fingerprint density at radius 1 is 0.277 bits per heavy atom. The summed E-state index contributed by atoms with van der Waals surface area (Å²) >= 11 is 3.38. The molecule has 0 unspecified atom stereocenters. The van der Waals surface area contributed by atoms with Gasteiger partial charge in [-0.05, 0) is 170 Å². The van der Waals surface area contributed by atoms with Crippen LogP contribution in [0.15, 0.2) is 375 Å². The van der Waals surface area contributed by atoms with Gasteiger partial charge in [0, 0.05) is 110 Å². The van der Waals surface area contributed by atoms with Gasteiger partial charge in [0.1, 0.15) is 28.7 Å². The van der Waals surface area contributed by atoms with E-state index in [4.69, 9.17) is 33.9 Å². The first-order valence-corrected chi connectivity index (χ1v) is 39.1. The fourth-order valence-electron chi connectivity index (χ4n) is 13.7. The van der Waals surface area contributed by atoms with Crippen LogP contribution >= 0.6 is 15.9 Å². The smallest absolute Gasteiger partial charge is 0.509 e. The average molecular weight is 1800 g/mol. The van der Waals surface area contributed by atoms with Gasteiger partial charge in [0.15, 0.2) is 0 Å². The van der Waals surface area contributed by atoms with Crippen LogP contribution in [-0.4, -0.2) is 49.4 Å². The zero-order valence-electron chi connectivity index (χ0n) is 65.9. The topological polar surface area (TPSA) is 159 Å². The molecule has 15 nitrogen and oxygen atoms in total. The van der Waals surface area contributed by atoms with Crippen LogP contribution in [0.1, 0.15) is 34.2 Å². The van der Waals surface area contributed by atoms with E-state index in [1.54, 1.807) is 36.8 Å². The number of hydrogen-bond acceptors (Lipinski definition) is 12. The quantitative estimate of drug-likeness (QED) is 0.0765. The summed E-state index contributed by atoms with van der Waals surface area (Å²) in [6, 6.07) is 122. The van der Waals surface area contributed by atoms with Crippen molar-refractivity contribution in [3.8, 4) is 147 Å². The van der Waals surface area contributed by atoms with Gasteiger partial charge in [-0.3, -0.25) is 4.68 Å². The number of phenols is 1. The zero-order chi connectivity index (χ0) is 81.1. The van der Waals surface area contributed by atoms with Crippen molar-refractivity contribution >= 4 is 15.9 Å². The number of nitrogens with zero attached hydrogens (tertiary/aromatic N) is 9. The Morgan fingerprint density at radius 3 is 1.06 bits per heavy atom. The van der Waals surface area contributed by atoms with Crippen molar-refractivity contribution in [2.75, 3.05) is 0 Å². The summed E-state index contributed by atoms with van der Waals surface area (Å²) in [6.07, 6.45) is 5.08. The molecule has 18 aromatic rings. The Bertz CT molecular complexity index is 6100. The SMILES string of the molecule is Brc1cccc(Oc2ccccn2)c1.Cc1nn(-c2[c-]c(Oc3[c-]c(Oc4ccccn4)ccc3)ccc2)c(C)c1-c1ccc(-c2ccccc2)cc1.Cc1nn(-c2cccc(O)c2)c(C)c1-c1ccc(-c2ccccc2)cc1.Cc1nn(-c2cccc(Oc3cccc(Oc4ccccn4)c3)c2)c(C)c1-c1ccc(-c2ccccc2)cc1.[Pt+2]. The van der Waals surface area contributed by atoms with E-state index in [1.807, 2.05) is 216 Å². The molecule has 0 saturated heterocycles. The normalized spacial score (nSPS) is 10.6. The summed E-state index contributed by atoms with van der Waals surface area (Å²) in [6.45, 7) is 12.3. The van der Waals surface area contributed by atoms with Crippen molar-refractivity contribution in [1.29, 1.82) is 0 Å². The Kier molecular flexibility index (Phi) is 26.6. The minimum absolute atomic E-state index is 0. The molecule has 0 aliphatic heterocycles. The summed E-state index contributed by atoms with van der Waals surface area (Å²) in [4.78, 5) is 12.5. The summed E-state index contributed by atoms with van der Waals surface area (Å²) in [7, 11) is 0. The van der Waals surface area contributed by atoms with Gasteiger partial charge in [-0.15, -0.1) is 30.3 Å². The first-order chi connectivity index (χ1) is 57.7. The number of hydrogen-bond donors (Lipinski definition) is 1. The molecule has 0 aliphatic rings. The second-order valence-corrected chi connectivity index (χ2v) is 28.4. The molecule has 12 aromatic carbocycles. The van der Waals surface area contributed by atoms with Crippen LogP contribution < -0.4 is 23.7 Å². The third-order valence-corrected chi connectivity index (χ3v) is 19.7. The van der Waals surface area contributed by atoms with Crippen LogP contribution in [0.2, 0.25) is 0 Å². The number of pyridine rings is 3. The van der Waals surface area contributed by atoms with E-state index in [2.05, 4.69) is 221 Å². The van der Waals surface area contributed by atoms with E-state index >= 15 is 0 Å². The molecule has 0 bridgehead atoms. The van der Waals surface area contributed by atoms with Crippen LogP contribution in [0.25, 0.3) is 83.8 Å². The molecule has 0 aliphatic carbocycles. The molecule has 18 rings (SSSR count). The predicted molar refractivity (Wildman–Crippen MR) is 471 cm³/mol. The molecule has 0 atom stereocenters. The summed E-state index contributed by atoms with van der Waals surface area (Å²) in [5, 5.41) is 24.2. The fraction of sp³-hybridized carbons (Fsp3) is 0.0588. The van der Waals surface area contributed by atoms with Crippen molar-refractivity contribution in [2.45, 2.75) is 41.5 Å². The van der Waals surface area contributed by atoms with Gasteiger partial charge in [-0.1, -0.05) is 228 Å². The first-order valence-electron chi connectivity index (χ1n) is 38.3. The molecule has 6 heterocycles. The maximum absolute atomic E-state index is 9.76. The number of aromatic nitrogens is 9. The number of phenolic OH excluding ortho intramolecular Hbond substituents is 1. The van der Waals surface area contributed by atoms with E-state index in [1.165, 1.54) is 33.4 Å². The van der Waals surface area contributed by atoms with E-state index in [0.717, 1.165) is 94.8 Å². The van der Waals surface area contributed by atoms with Crippen molar-refractivity contribution in [2.24, 2.45) is 0 Å². The van der Waals surface area contributed by atoms with Gasteiger partial charge in [-0.25, -0.2) is 24.3 Å². The molecule has 0 fully saturated rings. The molecule has 0 amide bonds. The van der Waals surface area contributed by atoms with Crippen LogP contribution in [-0.2, 0) is 21.1 Å². The largest absolute Gasteiger partial charge is 2.00 e. The van der Waals surface area contributed by atoms with Gasteiger partial charge >= 0.3 is 21.1 Å². The number of halogens is 1. The number of ether oxygens (including phenoxy) is 5. The number of aryl methyl sites for hydroxylation is 3. The van der Waals surface area contributed by atoms with Crippen LogP contribution in [0.5, 0.6) is 63.6 Å². The third kappa shape index (κ3) is 20.7. The second-order valence-electron chi connectivity index (χ2n) is 27.4. The Morgan fingerprint density at radius 2 is 0.613 bits per heavy atom. The van der Waals surface area contributed by atoms with Crippen molar-refractivity contribution < 1.29 is 49.9 Å². The van der Waals surface area contributed by atoms with E-state index in [0.29, 0.717) is 52.1 Å². The van der Waals surface area contributed by atoms with Gasteiger partial charge in [0.25, 0.3) is 0 Å². The molecular formula is C102H80BrN9O6Pt. The van der Waals surface area contributed by atoms with E-state index in [-0.39, 0.29) is 26.8 Å². The molecule has 0 radical (unpaired) electrons. The van der Waals surface area contributed by atoms with Crippen molar-refractivity contribution in [1.82, 2.24) is 44.3 Å². The van der Waals surface area contributed by atoms with Gasteiger partial charge < -0.3 is 28.8 Å². The number of benzene rings is 12. The summed E-state index contributed by atoms with van der Waals surface area (Å²) in [5.41, 5.74) is 22.6. The van der Waals surface area contributed by atoms with Gasteiger partial charge in [0.2, 0.25) is 17.6 Å². The average Bonchev–Trinajstić information content (AvgIpc) is 1.65. The molecule has 1 N–H and O–H groups in total. The van der Waals surface area contributed by atoms with Crippen molar-refractivity contribution in [3.63, 3.8) is 0 Å². The van der Waals surface area contributed by atoms with E-state index < -0.39 is 0 Å². The second kappa shape index (κ2) is 38.9.